The van der Waals surface area contributed by atoms with E-state index in [0.29, 0.717) is 44.5 Å². The molecule has 14 heteroatoms. The molecule has 3 N–H and O–H groups in total. The summed E-state index contributed by atoms with van der Waals surface area (Å²) in [5.41, 5.74) is 0.135. The van der Waals surface area contributed by atoms with Crippen LogP contribution in [-0.4, -0.2) is 66.0 Å². The van der Waals surface area contributed by atoms with Crippen LogP contribution in [0.15, 0.2) is 47.5 Å². The van der Waals surface area contributed by atoms with E-state index in [2.05, 4.69) is 10.3 Å². The fraction of sp³-hybridized carbons (Fsp3) is 0.357. The highest BCUT2D eigenvalue weighted by Gasteiger charge is 2.37. The molecule has 1 amide bonds. The first-order valence-electron chi connectivity index (χ1n) is 13.2. The molecule has 0 bridgehead atoms. The SMILES string of the molecule is Cc1c(C(=O)O)cc(Oc2cnc(NC(=O)C(OC3CCOCC3)c3ccc(S(=O)(=O)C4CC4)cc3)s2)cc1C(=O)O. The van der Waals surface area contributed by atoms with E-state index in [0.717, 1.165) is 11.3 Å². The van der Waals surface area contributed by atoms with Gasteiger partial charge in [-0.2, -0.15) is 0 Å². The van der Waals surface area contributed by atoms with Gasteiger partial charge in [0.25, 0.3) is 5.91 Å². The molecule has 2 heterocycles. The van der Waals surface area contributed by atoms with Crippen molar-refractivity contribution in [1.29, 1.82) is 0 Å². The number of nitrogens with one attached hydrogen (secondary N) is 1. The molecule has 3 aromatic rings. The number of hydrogen-bond acceptors (Lipinski definition) is 10. The van der Waals surface area contributed by atoms with Crippen molar-refractivity contribution in [3.63, 3.8) is 0 Å². The number of anilines is 1. The molecule has 12 nitrogen and oxygen atoms in total. The minimum atomic E-state index is -3.39. The number of sulfone groups is 1. The number of amides is 1. The number of carboxylic acids is 2. The third-order valence-corrected chi connectivity index (χ3v) is 10.1. The van der Waals surface area contributed by atoms with Gasteiger partial charge in [-0.3, -0.25) is 10.1 Å². The zero-order chi connectivity index (χ0) is 30.0. The summed E-state index contributed by atoms with van der Waals surface area (Å²) in [4.78, 5) is 41.0. The molecule has 2 aliphatic rings. The normalized spacial score (nSPS) is 16.5. The topological polar surface area (TPSA) is 178 Å². The Labute approximate surface area is 245 Å². The van der Waals surface area contributed by atoms with Crippen LogP contribution in [0.5, 0.6) is 10.8 Å². The van der Waals surface area contributed by atoms with Crippen molar-refractivity contribution in [2.45, 2.75) is 55.0 Å². The number of rotatable bonds is 11. The van der Waals surface area contributed by atoms with Crippen LogP contribution in [0.4, 0.5) is 5.13 Å². The van der Waals surface area contributed by atoms with Gasteiger partial charge in [0.05, 0.1) is 33.6 Å². The largest absolute Gasteiger partial charge is 0.478 e. The molecule has 1 aromatic heterocycles. The molecule has 1 saturated heterocycles. The molecular formula is C28H28N2O10S2. The number of benzene rings is 2. The Morgan fingerprint density at radius 1 is 1.02 bits per heavy atom. The van der Waals surface area contributed by atoms with Crippen LogP contribution in [-0.2, 0) is 24.1 Å². The molecule has 42 heavy (non-hydrogen) atoms. The number of aromatic carboxylic acids is 2. The number of carbonyl (C=O) groups is 3. The van der Waals surface area contributed by atoms with E-state index in [1.807, 2.05) is 0 Å². The van der Waals surface area contributed by atoms with Crippen LogP contribution < -0.4 is 10.1 Å². The van der Waals surface area contributed by atoms with Crippen LogP contribution in [0, 0.1) is 6.92 Å². The molecule has 2 aromatic carbocycles. The Morgan fingerprint density at radius 2 is 1.64 bits per heavy atom. The minimum absolute atomic E-state index is 0.0149. The summed E-state index contributed by atoms with van der Waals surface area (Å²) >= 11 is 0.948. The third-order valence-electron chi connectivity index (χ3n) is 6.98. The van der Waals surface area contributed by atoms with E-state index in [9.17, 15) is 33.0 Å². The van der Waals surface area contributed by atoms with Gasteiger partial charge in [-0.25, -0.2) is 23.0 Å². The molecule has 2 fully saturated rings. The molecule has 1 atom stereocenters. The molecule has 1 saturated carbocycles. The van der Waals surface area contributed by atoms with Crippen molar-refractivity contribution < 1.29 is 47.2 Å². The lowest BCUT2D eigenvalue weighted by Gasteiger charge is -2.27. The van der Waals surface area contributed by atoms with Gasteiger partial charge in [-0.05, 0) is 68.0 Å². The highest BCUT2D eigenvalue weighted by atomic mass is 32.2. The Hall–Kier alpha value is -3.85. The maximum Gasteiger partial charge on any atom is 0.336 e. The summed E-state index contributed by atoms with van der Waals surface area (Å²) in [6, 6.07) is 8.56. The van der Waals surface area contributed by atoms with Crippen LogP contribution >= 0.6 is 11.3 Å². The van der Waals surface area contributed by atoms with E-state index in [4.69, 9.17) is 14.2 Å². The molecule has 0 radical (unpaired) electrons. The van der Waals surface area contributed by atoms with Crippen LogP contribution in [0.25, 0.3) is 0 Å². The van der Waals surface area contributed by atoms with Crippen LogP contribution in [0.2, 0.25) is 0 Å². The number of thiazole rings is 1. The van der Waals surface area contributed by atoms with Crippen molar-refractivity contribution in [3.8, 4) is 10.8 Å². The van der Waals surface area contributed by atoms with Gasteiger partial charge in [0.15, 0.2) is 21.1 Å². The Morgan fingerprint density at radius 3 is 2.21 bits per heavy atom. The van der Waals surface area contributed by atoms with Gasteiger partial charge in [0.1, 0.15) is 5.75 Å². The quantitative estimate of drug-likeness (QED) is 0.277. The lowest BCUT2D eigenvalue weighted by Crippen LogP contribution is -2.31. The van der Waals surface area contributed by atoms with E-state index < -0.39 is 33.8 Å². The summed E-state index contributed by atoms with van der Waals surface area (Å²) in [6.07, 6.45) is 2.49. The highest BCUT2D eigenvalue weighted by Crippen LogP contribution is 2.36. The molecule has 1 aliphatic carbocycles. The average molecular weight is 617 g/mol. The van der Waals surface area contributed by atoms with Crippen LogP contribution in [0.1, 0.15) is 63.6 Å². The lowest BCUT2D eigenvalue weighted by molar-refractivity contribution is -0.136. The molecule has 0 spiro atoms. The Balaban J connectivity index is 1.34. The van der Waals surface area contributed by atoms with Crippen molar-refractivity contribution in [1.82, 2.24) is 4.98 Å². The van der Waals surface area contributed by atoms with Gasteiger partial charge < -0.3 is 24.4 Å². The van der Waals surface area contributed by atoms with Gasteiger partial charge in [0.2, 0.25) is 5.06 Å². The number of carboxylic acid groups (broad SMARTS) is 2. The van der Waals surface area contributed by atoms with Gasteiger partial charge >= 0.3 is 11.9 Å². The van der Waals surface area contributed by atoms with Gasteiger partial charge in [-0.15, -0.1) is 0 Å². The second kappa shape index (κ2) is 12.2. The number of ether oxygens (including phenoxy) is 3. The summed E-state index contributed by atoms with van der Waals surface area (Å²) in [7, 11) is -3.39. The fourth-order valence-corrected chi connectivity index (χ4v) is 6.89. The second-order valence-corrected chi connectivity index (χ2v) is 13.2. The van der Waals surface area contributed by atoms with Crippen molar-refractivity contribution in [3.05, 3.63) is 64.8 Å². The molecular weight excluding hydrogens is 588 g/mol. The summed E-state index contributed by atoms with van der Waals surface area (Å²) in [6.45, 7) is 2.39. The number of carbonyl (C=O) groups excluding carboxylic acids is 1. The summed E-state index contributed by atoms with van der Waals surface area (Å²) in [5, 5.41) is 21.6. The lowest BCUT2D eigenvalue weighted by atomic mass is 10.0. The number of aromatic nitrogens is 1. The molecule has 1 unspecified atom stereocenters. The predicted octanol–water partition coefficient (Wildman–Crippen LogP) is 4.45. The molecule has 1 aliphatic heterocycles. The van der Waals surface area contributed by atoms with Crippen molar-refractivity contribution in [2.75, 3.05) is 18.5 Å². The van der Waals surface area contributed by atoms with Crippen molar-refractivity contribution in [2.24, 2.45) is 0 Å². The van der Waals surface area contributed by atoms with Gasteiger partial charge in [-0.1, -0.05) is 23.5 Å². The average Bonchev–Trinajstić information content (AvgIpc) is 3.74. The first-order chi connectivity index (χ1) is 20.0. The standard InChI is InChI=1S/C28H28N2O10S2/c1-15-21(26(32)33)12-18(13-22(15)27(34)35)39-23-14-29-28(41-23)30-25(31)24(40-17-8-10-38-11-9-17)16-2-4-19(5-3-16)42(36,37)20-6-7-20/h2-5,12-14,17,20,24H,6-11H2,1H3,(H,32,33)(H,34,35)(H,29,30,31). The Kier molecular flexibility index (Phi) is 8.59. The van der Waals surface area contributed by atoms with E-state index in [1.165, 1.54) is 37.4 Å². The first kappa shape index (κ1) is 29.6. The first-order valence-corrected chi connectivity index (χ1v) is 15.5. The highest BCUT2D eigenvalue weighted by molar-refractivity contribution is 7.92. The van der Waals surface area contributed by atoms with E-state index in [-0.39, 0.29) is 48.9 Å². The summed E-state index contributed by atoms with van der Waals surface area (Å²) < 4.78 is 42.5. The van der Waals surface area contributed by atoms with E-state index in [1.54, 1.807) is 12.1 Å². The zero-order valence-electron chi connectivity index (χ0n) is 22.4. The number of hydrogen-bond donors (Lipinski definition) is 3. The van der Waals surface area contributed by atoms with Crippen molar-refractivity contribution >= 4 is 44.2 Å². The smallest absolute Gasteiger partial charge is 0.336 e. The third kappa shape index (κ3) is 6.62. The number of nitrogens with zero attached hydrogens (tertiary/aromatic N) is 1. The molecule has 222 valence electrons. The monoisotopic (exact) mass is 616 g/mol. The summed E-state index contributed by atoms with van der Waals surface area (Å²) in [5.74, 6) is -3.14. The molecule has 5 rings (SSSR count). The van der Waals surface area contributed by atoms with E-state index >= 15 is 0 Å². The second-order valence-electron chi connectivity index (χ2n) is 9.97. The Bertz CT molecular complexity index is 1570. The fourth-order valence-electron chi connectivity index (χ4n) is 4.54. The maximum atomic E-state index is 13.4. The maximum absolute atomic E-state index is 13.4. The minimum Gasteiger partial charge on any atom is -0.478 e. The predicted molar refractivity (Wildman–Crippen MR) is 150 cm³/mol. The van der Waals surface area contributed by atoms with Gasteiger partial charge in [0, 0.05) is 13.2 Å². The zero-order valence-corrected chi connectivity index (χ0v) is 24.1. The van der Waals surface area contributed by atoms with Crippen LogP contribution in [0.3, 0.4) is 0 Å².